The first kappa shape index (κ1) is 26.3. The van der Waals surface area contributed by atoms with E-state index < -0.39 is 18.3 Å². The van der Waals surface area contributed by atoms with Crippen molar-refractivity contribution in [1.82, 2.24) is 0 Å². The van der Waals surface area contributed by atoms with E-state index in [1.807, 2.05) is 97.9 Å². The van der Waals surface area contributed by atoms with Crippen molar-refractivity contribution in [3.8, 4) is 0 Å². The Balaban J connectivity index is 1.53. The standard InChI is InChI=1S/C31H36O5/c1-3-27(32)29-23(2)30(34-20-25-15-9-5-10-16-25)31(35-21-26-17-11-6-12-18-26)28(36-29)22-33-19-24-13-7-4-8-14-24/h3-18,23,27-32H,1,19-22H2,2H3/t23-,27-,28-,29+,30+,31-/m1/s1. The monoisotopic (exact) mass is 488 g/mol. The van der Waals surface area contributed by atoms with Crippen molar-refractivity contribution in [2.75, 3.05) is 6.61 Å². The van der Waals surface area contributed by atoms with Crippen LogP contribution in [-0.2, 0) is 38.8 Å². The van der Waals surface area contributed by atoms with Gasteiger partial charge in [0.05, 0.1) is 44.7 Å². The third kappa shape index (κ3) is 7.12. The van der Waals surface area contributed by atoms with Crippen molar-refractivity contribution in [2.24, 2.45) is 5.92 Å². The maximum Gasteiger partial charge on any atom is 0.113 e. The van der Waals surface area contributed by atoms with Crippen molar-refractivity contribution in [3.63, 3.8) is 0 Å². The Bertz CT molecular complexity index is 1030. The predicted molar refractivity (Wildman–Crippen MR) is 140 cm³/mol. The van der Waals surface area contributed by atoms with Crippen LogP contribution < -0.4 is 0 Å². The summed E-state index contributed by atoms with van der Waals surface area (Å²) < 4.78 is 25.5. The van der Waals surface area contributed by atoms with E-state index in [2.05, 4.69) is 6.58 Å². The van der Waals surface area contributed by atoms with Crippen LogP contribution in [-0.4, -0.2) is 42.2 Å². The van der Waals surface area contributed by atoms with Gasteiger partial charge in [-0.15, -0.1) is 6.58 Å². The van der Waals surface area contributed by atoms with Gasteiger partial charge in [-0.05, 0) is 16.7 Å². The van der Waals surface area contributed by atoms with Gasteiger partial charge in [-0.1, -0.05) is 104 Å². The van der Waals surface area contributed by atoms with Gasteiger partial charge in [0.15, 0.2) is 0 Å². The molecule has 1 heterocycles. The Labute approximate surface area is 214 Å². The third-order valence-corrected chi connectivity index (χ3v) is 6.60. The molecule has 4 rings (SSSR count). The molecule has 0 saturated carbocycles. The van der Waals surface area contributed by atoms with Crippen LogP contribution in [0.25, 0.3) is 0 Å². The zero-order valence-electron chi connectivity index (χ0n) is 20.8. The maximum atomic E-state index is 10.7. The van der Waals surface area contributed by atoms with Gasteiger partial charge in [-0.2, -0.15) is 0 Å². The molecule has 1 N–H and O–H groups in total. The summed E-state index contributed by atoms with van der Waals surface area (Å²) in [6.45, 7) is 7.46. The molecule has 190 valence electrons. The Hall–Kier alpha value is -2.80. The van der Waals surface area contributed by atoms with Crippen molar-refractivity contribution in [2.45, 2.75) is 57.3 Å². The SMILES string of the molecule is C=C[C@@H](O)[C@H]1O[C@H](COCc2ccccc2)[C@@H](OCc2ccccc2)[C@@H](OCc2ccccc2)[C@@H]1C. The van der Waals surface area contributed by atoms with E-state index >= 15 is 0 Å². The smallest absolute Gasteiger partial charge is 0.113 e. The highest BCUT2D eigenvalue weighted by atomic mass is 16.6. The van der Waals surface area contributed by atoms with Gasteiger partial charge in [0.2, 0.25) is 0 Å². The molecule has 0 bridgehead atoms. The van der Waals surface area contributed by atoms with Gasteiger partial charge >= 0.3 is 0 Å². The molecule has 0 radical (unpaired) electrons. The molecule has 6 atom stereocenters. The highest BCUT2D eigenvalue weighted by Gasteiger charge is 2.47. The highest BCUT2D eigenvalue weighted by Crippen LogP contribution is 2.33. The molecule has 1 aliphatic rings. The summed E-state index contributed by atoms with van der Waals surface area (Å²) in [5.74, 6) is -0.132. The molecule has 36 heavy (non-hydrogen) atoms. The van der Waals surface area contributed by atoms with Gasteiger partial charge in [0, 0.05) is 5.92 Å². The molecule has 3 aromatic carbocycles. The van der Waals surface area contributed by atoms with Gasteiger partial charge in [0.25, 0.3) is 0 Å². The van der Waals surface area contributed by atoms with E-state index in [0.717, 1.165) is 16.7 Å². The third-order valence-electron chi connectivity index (χ3n) is 6.60. The van der Waals surface area contributed by atoms with E-state index in [1.54, 1.807) is 0 Å². The summed E-state index contributed by atoms with van der Waals surface area (Å²) in [7, 11) is 0. The Kier molecular flexibility index (Phi) is 9.84. The van der Waals surface area contributed by atoms with Crippen LogP contribution in [0.1, 0.15) is 23.6 Å². The largest absolute Gasteiger partial charge is 0.386 e. The van der Waals surface area contributed by atoms with Gasteiger partial charge in [-0.25, -0.2) is 0 Å². The molecule has 0 amide bonds. The van der Waals surface area contributed by atoms with E-state index in [-0.39, 0.29) is 18.1 Å². The molecule has 0 aliphatic carbocycles. The summed E-state index contributed by atoms with van der Waals surface area (Å²) in [6.07, 6.45) is -0.906. The number of aliphatic hydroxyl groups is 1. The number of hydrogen-bond donors (Lipinski definition) is 1. The van der Waals surface area contributed by atoms with Crippen LogP contribution in [0, 0.1) is 5.92 Å². The van der Waals surface area contributed by atoms with E-state index in [1.165, 1.54) is 6.08 Å². The van der Waals surface area contributed by atoms with Crippen LogP contribution in [0.5, 0.6) is 0 Å². The van der Waals surface area contributed by atoms with Crippen molar-refractivity contribution < 1.29 is 24.1 Å². The Morgan fingerprint density at radius 1 is 0.778 bits per heavy atom. The van der Waals surface area contributed by atoms with Gasteiger partial charge < -0.3 is 24.1 Å². The predicted octanol–water partition coefficient (Wildman–Crippen LogP) is 5.32. The lowest BCUT2D eigenvalue weighted by molar-refractivity contribution is -0.253. The number of hydrogen-bond acceptors (Lipinski definition) is 5. The van der Waals surface area contributed by atoms with E-state index in [4.69, 9.17) is 18.9 Å². The topological polar surface area (TPSA) is 57.2 Å². The number of benzene rings is 3. The average Bonchev–Trinajstić information content (AvgIpc) is 2.93. The molecule has 0 aromatic heterocycles. The van der Waals surface area contributed by atoms with Crippen LogP contribution in [0.2, 0.25) is 0 Å². The molecule has 5 nitrogen and oxygen atoms in total. The molecular weight excluding hydrogens is 452 g/mol. The number of rotatable bonds is 12. The summed E-state index contributed by atoms with van der Waals surface area (Å²) in [5.41, 5.74) is 3.24. The Morgan fingerprint density at radius 3 is 1.75 bits per heavy atom. The van der Waals surface area contributed by atoms with Crippen LogP contribution in [0.4, 0.5) is 0 Å². The fourth-order valence-electron chi connectivity index (χ4n) is 4.61. The summed E-state index contributed by atoms with van der Waals surface area (Å²) in [5, 5.41) is 10.7. The molecule has 1 saturated heterocycles. The first-order valence-corrected chi connectivity index (χ1v) is 12.5. The average molecular weight is 489 g/mol. The van der Waals surface area contributed by atoms with Crippen molar-refractivity contribution in [3.05, 3.63) is 120 Å². The Morgan fingerprint density at radius 2 is 1.25 bits per heavy atom. The maximum absolute atomic E-state index is 10.7. The number of aliphatic hydroxyl groups excluding tert-OH is 1. The second-order valence-corrected chi connectivity index (χ2v) is 9.25. The summed E-state index contributed by atoms with van der Waals surface area (Å²) in [6, 6.07) is 30.2. The van der Waals surface area contributed by atoms with Crippen LogP contribution in [0.15, 0.2) is 104 Å². The molecule has 0 spiro atoms. The lowest BCUT2D eigenvalue weighted by atomic mass is 9.85. The second kappa shape index (κ2) is 13.5. The minimum absolute atomic E-state index is 0.132. The first-order chi connectivity index (χ1) is 17.7. The summed E-state index contributed by atoms with van der Waals surface area (Å²) >= 11 is 0. The molecule has 3 aromatic rings. The highest BCUT2D eigenvalue weighted by molar-refractivity contribution is 5.15. The van der Waals surface area contributed by atoms with Gasteiger partial charge in [0.1, 0.15) is 12.2 Å². The second-order valence-electron chi connectivity index (χ2n) is 9.25. The normalized spacial score (nSPS) is 24.8. The van der Waals surface area contributed by atoms with E-state index in [0.29, 0.717) is 26.4 Å². The van der Waals surface area contributed by atoms with Crippen molar-refractivity contribution in [1.29, 1.82) is 0 Å². The molecule has 5 heteroatoms. The molecular formula is C31H36O5. The van der Waals surface area contributed by atoms with Crippen molar-refractivity contribution >= 4 is 0 Å². The molecule has 0 unspecified atom stereocenters. The van der Waals surface area contributed by atoms with Crippen LogP contribution in [0.3, 0.4) is 0 Å². The zero-order valence-corrected chi connectivity index (χ0v) is 20.8. The quantitative estimate of drug-likeness (QED) is 0.350. The zero-order chi connectivity index (χ0) is 25.2. The fourth-order valence-corrected chi connectivity index (χ4v) is 4.61. The molecule has 1 aliphatic heterocycles. The first-order valence-electron chi connectivity index (χ1n) is 12.5. The summed E-state index contributed by atoms with van der Waals surface area (Å²) in [4.78, 5) is 0. The van der Waals surface area contributed by atoms with Gasteiger partial charge in [-0.3, -0.25) is 0 Å². The van der Waals surface area contributed by atoms with Crippen LogP contribution >= 0.6 is 0 Å². The lowest BCUT2D eigenvalue weighted by Crippen LogP contribution is -2.59. The lowest BCUT2D eigenvalue weighted by Gasteiger charge is -2.46. The number of ether oxygens (including phenoxy) is 4. The minimum Gasteiger partial charge on any atom is -0.386 e. The molecule has 1 fully saturated rings. The van der Waals surface area contributed by atoms with E-state index in [9.17, 15) is 5.11 Å². The fraction of sp³-hybridized carbons (Fsp3) is 0.355. The minimum atomic E-state index is -0.825.